The molecule has 0 aromatic heterocycles. The number of urea groups is 1. The summed E-state index contributed by atoms with van der Waals surface area (Å²) in [7, 11) is 4.77. The minimum Gasteiger partial charge on any atom is -0.497 e. The summed E-state index contributed by atoms with van der Waals surface area (Å²) in [6, 6.07) is 12.0. The van der Waals surface area contributed by atoms with Crippen LogP contribution >= 0.6 is 0 Å². The Labute approximate surface area is 141 Å². The van der Waals surface area contributed by atoms with Crippen molar-refractivity contribution in [3.63, 3.8) is 0 Å². The maximum Gasteiger partial charge on any atom is 0.319 e. The van der Waals surface area contributed by atoms with Gasteiger partial charge in [0.15, 0.2) is 0 Å². The van der Waals surface area contributed by atoms with E-state index in [9.17, 15) is 4.79 Å². The average Bonchev–Trinajstić information content (AvgIpc) is 2.61. The molecule has 0 aliphatic rings. The lowest BCUT2D eigenvalue weighted by Crippen LogP contribution is -2.31. The van der Waals surface area contributed by atoms with E-state index in [1.54, 1.807) is 33.5 Å². The third kappa shape index (κ3) is 4.32. The predicted octanol–water partition coefficient (Wildman–Crippen LogP) is 3.60. The number of benzene rings is 2. The topological polar surface area (TPSA) is 68.8 Å². The Morgan fingerprint density at radius 3 is 2.33 bits per heavy atom. The maximum atomic E-state index is 12.2. The van der Waals surface area contributed by atoms with Crippen LogP contribution in [-0.2, 0) is 0 Å². The van der Waals surface area contributed by atoms with Crippen molar-refractivity contribution in [3.8, 4) is 17.2 Å². The third-order valence-electron chi connectivity index (χ3n) is 3.58. The van der Waals surface area contributed by atoms with Crippen LogP contribution in [0.2, 0.25) is 0 Å². The first kappa shape index (κ1) is 17.5. The van der Waals surface area contributed by atoms with E-state index in [4.69, 9.17) is 14.2 Å². The Balaban J connectivity index is 2.08. The lowest BCUT2D eigenvalue weighted by molar-refractivity contribution is 0.249. The molecule has 0 bridgehead atoms. The molecule has 24 heavy (non-hydrogen) atoms. The lowest BCUT2D eigenvalue weighted by Gasteiger charge is -2.18. The van der Waals surface area contributed by atoms with Gasteiger partial charge in [-0.3, -0.25) is 0 Å². The molecule has 2 aromatic carbocycles. The molecular formula is C18H22N2O4. The van der Waals surface area contributed by atoms with Crippen LogP contribution in [-0.4, -0.2) is 27.4 Å². The Morgan fingerprint density at radius 2 is 1.67 bits per heavy atom. The van der Waals surface area contributed by atoms with Gasteiger partial charge in [-0.15, -0.1) is 0 Å². The van der Waals surface area contributed by atoms with E-state index >= 15 is 0 Å². The van der Waals surface area contributed by atoms with Crippen LogP contribution in [0, 0.1) is 0 Å². The molecule has 0 saturated carbocycles. The molecule has 6 nitrogen and oxygen atoms in total. The molecule has 2 aromatic rings. The summed E-state index contributed by atoms with van der Waals surface area (Å²) in [5.41, 5.74) is 1.48. The van der Waals surface area contributed by atoms with Gasteiger partial charge in [-0.1, -0.05) is 6.07 Å². The van der Waals surface area contributed by atoms with Gasteiger partial charge in [-0.05, 0) is 37.3 Å². The van der Waals surface area contributed by atoms with Crippen LogP contribution < -0.4 is 24.8 Å². The van der Waals surface area contributed by atoms with Gasteiger partial charge in [0.1, 0.15) is 17.2 Å². The van der Waals surface area contributed by atoms with Gasteiger partial charge < -0.3 is 24.8 Å². The number of ether oxygens (including phenoxy) is 3. The first-order valence-corrected chi connectivity index (χ1v) is 7.51. The largest absolute Gasteiger partial charge is 0.497 e. The fourth-order valence-corrected chi connectivity index (χ4v) is 2.32. The van der Waals surface area contributed by atoms with Crippen LogP contribution in [0.4, 0.5) is 10.5 Å². The number of carbonyl (C=O) groups is 1. The molecule has 0 saturated heterocycles. The Morgan fingerprint density at radius 1 is 0.958 bits per heavy atom. The zero-order valence-electron chi connectivity index (χ0n) is 14.3. The summed E-state index contributed by atoms with van der Waals surface area (Å²) < 4.78 is 15.7. The van der Waals surface area contributed by atoms with E-state index in [0.29, 0.717) is 22.9 Å². The van der Waals surface area contributed by atoms with Gasteiger partial charge in [0.2, 0.25) is 0 Å². The normalized spacial score (nSPS) is 11.3. The van der Waals surface area contributed by atoms with E-state index in [2.05, 4.69) is 10.6 Å². The van der Waals surface area contributed by atoms with E-state index in [1.807, 2.05) is 37.3 Å². The van der Waals surface area contributed by atoms with Crippen molar-refractivity contribution in [2.24, 2.45) is 0 Å². The molecular weight excluding hydrogens is 308 g/mol. The Kier molecular flexibility index (Phi) is 5.89. The summed E-state index contributed by atoms with van der Waals surface area (Å²) >= 11 is 0. The summed E-state index contributed by atoms with van der Waals surface area (Å²) in [5, 5.41) is 5.66. The summed E-state index contributed by atoms with van der Waals surface area (Å²) in [6.45, 7) is 1.88. The van der Waals surface area contributed by atoms with Crippen molar-refractivity contribution in [1.29, 1.82) is 0 Å². The minimum atomic E-state index is -0.319. The third-order valence-corrected chi connectivity index (χ3v) is 3.58. The number of amides is 2. The smallest absolute Gasteiger partial charge is 0.319 e. The fourth-order valence-electron chi connectivity index (χ4n) is 2.32. The molecule has 2 amide bonds. The molecule has 0 aliphatic heterocycles. The molecule has 1 atom stereocenters. The number of hydrogen-bond acceptors (Lipinski definition) is 4. The van der Waals surface area contributed by atoms with Gasteiger partial charge in [0, 0.05) is 17.3 Å². The maximum absolute atomic E-state index is 12.2. The number of carbonyl (C=O) groups excluding carboxylic acids is 1. The monoisotopic (exact) mass is 330 g/mol. The van der Waals surface area contributed by atoms with Crippen molar-refractivity contribution in [2.75, 3.05) is 26.6 Å². The summed E-state index contributed by atoms with van der Waals surface area (Å²) in [5.74, 6) is 2.06. The summed E-state index contributed by atoms with van der Waals surface area (Å²) in [6.07, 6.45) is 0. The molecule has 0 fully saturated rings. The first-order chi connectivity index (χ1) is 11.6. The van der Waals surface area contributed by atoms with E-state index in [0.717, 1.165) is 5.56 Å². The van der Waals surface area contributed by atoms with Gasteiger partial charge in [0.25, 0.3) is 0 Å². The van der Waals surface area contributed by atoms with Crippen LogP contribution in [0.3, 0.4) is 0 Å². The zero-order valence-corrected chi connectivity index (χ0v) is 14.3. The highest BCUT2D eigenvalue weighted by Gasteiger charge is 2.15. The number of nitrogens with one attached hydrogen (secondary N) is 2. The van der Waals surface area contributed by atoms with Crippen molar-refractivity contribution in [1.82, 2.24) is 5.32 Å². The number of rotatable bonds is 6. The van der Waals surface area contributed by atoms with E-state index in [1.165, 1.54) is 0 Å². The Bertz CT molecular complexity index is 703. The average molecular weight is 330 g/mol. The van der Waals surface area contributed by atoms with E-state index < -0.39 is 0 Å². The number of methoxy groups -OCH3 is 3. The van der Waals surface area contributed by atoms with Gasteiger partial charge >= 0.3 is 6.03 Å². The molecule has 0 unspecified atom stereocenters. The predicted molar refractivity (Wildman–Crippen MR) is 93.1 cm³/mol. The second kappa shape index (κ2) is 8.10. The molecule has 2 N–H and O–H groups in total. The number of anilines is 1. The van der Waals surface area contributed by atoms with Crippen molar-refractivity contribution < 1.29 is 19.0 Å². The van der Waals surface area contributed by atoms with E-state index in [-0.39, 0.29) is 12.1 Å². The standard InChI is InChI=1S/C18H22N2O4/c1-12(16-11-15(23-3)8-9-17(16)24-4)19-18(21)20-13-6-5-7-14(10-13)22-2/h5-12H,1-4H3,(H2,19,20,21)/t12-/m0/s1. The fraction of sp³-hybridized carbons (Fsp3) is 0.278. The molecule has 0 aliphatic carbocycles. The minimum absolute atomic E-state index is 0.263. The second-order valence-electron chi connectivity index (χ2n) is 5.16. The second-order valence-corrected chi connectivity index (χ2v) is 5.16. The highest BCUT2D eigenvalue weighted by Crippen LogP contribution is 2.29. The van der Waals surface area contributed by atoms with Crippen molar-refractivity contribution >= 4 is 11.7 Å². The van der Waals surface area contributed by atoms with Gasteiger partial charge in [-0.2, -0.15) is 0 Å². The SMILES string of the molecule is COc1cccc(NC(=O)N[C@@H](C)c2cc(OC)ccc2OC)c1. The zero-order chi connectivity index (χ0) is 17.5. The molecule has 128 valence electrons. The van der Waals surface area contributed by atoms with Crippen LogP contribution in [0.15, 0.2) is 42.5 Å². The first-order valence-electron chi connectivity index (χ1n) is 7.51. The Hall–Kier alpha value is -2.89. The van der Waals surface area contributed by atoms with Crippen molar-refractivity contribution in [2.45, 2.75) is 13.0 Å². The number of hydrogen-bond donors (Lipinski definition) is 2. The molecule has 0 radical (unpaired) electrons. The van der Waals surface area contributed by atoms with Crippen LogP contribution in [0.5, 0.6) is 17.2 Å². The van der Waals surface area contributed by atoms with Gasteiger partial charge in [-0.25, -0.2) is 4.79 Å². The molecule has 2 rings (SSSR count). The highest BCUT2D eigenvalue weighted by atomic mass is 16.5. The molecule has 0 heterocycles. The highest BCUT2D eigenvalue weighted by molar-refractivity contribution is 5.89. The van der Waals surface area contributed by atoms with Crippen molar-refractivity contribution in [3.05, 3.63) is 48.0 Å². The quantitative estimate of drug-likeness (QED) is 0.849. The molecule has 0 spiro atoms. The van der Waals surface area contributed by atoms with Crippen LogP contribution in [0.25, 0.3) is 0 Å². The lowest BCUT2D eigenvalue weighted by atomic mass is 10.1. The van der Waals surface area contributed by atoms with Crippen LogP contribution in [0.1, 0.15) is 18.5 Å². The summed E-state index contributed by atoms with van der Waals surface area (Å²) in [4.78, 5) is 12.2. The van der Waals surface area contributed by atoms with Gasteiger partial charge in [0.05, 0.1) is 27.4 Å². The molecule has 6 heteroatoms.